The van der Waals surface area contributed by atoms with Crippen LogP contribution in [-0.2, 0) is 0 Å². The molecule has 0 atom stereocenters. The van der Waals surface area contributed by atoms with Crippen LogP contribution < -0.4 is 10.6 Å². The number of hydrogen-bond donors (Lipinski definition) is 2. The van der Waals surface area contributed by atoms with E-state index in [1.165, 1.54) is 12.1 Å². The van der Waals surface area contributed by atoms with E-state index in [-0.39, 0.29) is 11.7 Å². The van der Waals surface area contributed by atoms with Crippen molar-refractivity contribution in [2.45, 2.75) is 0 Å². The van der Waals surface area contributed by atoms with E-state index in [2.05, 4.69) is 20.6 Å². The van der Waals surface area contributed by atoms with Gasteiger partial charge in [0, 0.05) is 33.7 Å². The first-order chi connectivity index (χ1) is 14.6. The maximum absolute atomic E-state index is 13.5. The van der Waals surface area contributed by atoms with Gasteiger partial charge in [-0.1, -0.05) is 29.8 Å². The number of carbonyl (C=O) groups is 1. The molecular formula is C23H16ClFN4O. The normalized spacial score (nSPS) is 10.5. The van der Waals surface area contributed by atoms with Crippen LogP contribution in [0, 0.1) is 5.82 Å². The van der Waals surface area contributed by atoms with E-state index in [4.69, 9.17) is 11.6 Å². The molecule has 0 saturated carbocycles. The van der Waals surface area contributed by atoms with Gasteiger partial charge < -0.3 is 10.6 Å². The van der Waals surface area contributed by atoms with Crippen LogP contribution in [0.15, 0.2) is 85.1 Å². The van der Waals surface area contributed by atoms with Gasteiger partial charge in [-0.15, -0.1) is 0 Å². The molecule has 0 radical (unpaired) electrons. The zero-order chi connectivity index (χ0) is 20.9. The van der Waals surface area contributed by atoms with Crippen molar-refractivity contribution in [3.05, 3.63) is 101 Å². The molecule has 0 aliphatic rings. The van der Waals surface area contributed by atoms with Gasteiger partial charge in [0.05, 0.1) is 0 Å². The molecule has 30 heavy (non-hydrogen) atoms. The summed E-state index contributed by atoms with van der Waals surface area (Å²) in [7, 11) is 0. The molecule has 5 nitrogen and oxygen atoms in total. The monoisotopic (exact) mass is 418 g/mol. The molecule has 0 fully saturated rings. The predicted molar refractivity (Wildman–Crippen MR) is 117 cm³/mol. The number of amides is 1. The Morgan fingerprint density at radius 1 is 0.900 bits per heavy atom. The summed E-state index contributed by atoms with van der Waals surface area (Å²) < 4.78 is 13.5. The van der Waals surface area contributed by atoms with Crippen LogP contribution >= 0.6 is 11.6 Å². The second kappa shape index (κ2) is 8.71. The lowest BCUT2D eigenvalue weighted by Gasteiger charge is -2.10. The minimum Gasteiger partial charge on any atom is -0.340 e. The number of rotatable bonds is 5. The molecule has 0 aliphatic carbocycles. The second-order valence-corrected chi connectivity index (χ2v) is 6.88. The Bertz CT molecular complexity index is 1200. The van der Waals surface area contributed by atoms with Crippen molar-refractivity contribution in [3.8, 4) is 11.4 Å². The summed E-state index contributed by atoms with van der Waals surface area (Å²) in [6.07, 6.45) is 1.59. The summed E-state index contributed by atoms with van der Waals surface area (Å²) in [6, 6.07) is 21.7. The topological polar surface area (TPSA) is 66.9 Å². The Morgan fingerprint density at radius 3 is 2.50 bits per heavy atom. The summed E-state index contributed by atoms with van der Waals surface area (Å²) in [6.45, 7) is 0. The number of hydrogen-bond acceptors (Lipinski definition) is 4. The largest absolute Gasteiger partial charge is 0.340 e. The van der Waals surface area contributed by atoms with Crippen molar-refractivity contribution < 1.29 is 9.18 Å². The zero-order valence-corrected chi connectivity index (χ0v) is 16.4. The summed E-state index contributed by atoms with van der Waals surface area (Å²) in [4.78, 5) is 21.2. The maximum atomic E-state index is 13.5. The second-order valence-electron chi connectivity index (χ2n) is 6.44. The van der Waals surface area contributed by atoms with Crippen molar-refractivity contribution in [1.82, 2.24) is 9.97 Å². The molecule has 0 spiro atoms. The molecule has 148 valence electrons. The molecule has 0 saturated heterocycles. The van der Waals surface area contributed by atoms with Gasteiger partial charge in [-0.2, -0.15) is 0 Å². The smallest absolute Gasteiger partial charge is 0.255 e. The first-order valence-corrected chi connectivity index (χ1v) is 9.48. The zero-order valence-electron chi connectivity index (χ0n) is 15.6. The highest BCUT2D eigenvalue weighted by Gasteiger charge is 2.08. The average Bonchev–Trinajstić information content (AvgIpc) is 2.76. The molecule has 7 heteroatoms. The van der Waals surface area contributed by atoms with E-state index in [1.54, 1.807) is 66.9 Å². The van der Waals surface area contributed by atoms with Crippen LogP contribution in [-0.4, -0.2) is 15.9 Å². The molecule has 2 N–H and O–H groups in total. The molecule has 0 unspecified atom stereocenters. The van der Waals surface area contributed by atoms with Crippen molar-refractivity contribution in [2.24, 2.45) is 0 Å². The Hall–Kier alpha value is -3.77. The van der Waals surface area contributed by atoms with Gasteiger partial charge in [0.2, 0.25) is 0 Å². The predicted octanol–water partition coefficient (Wildman–Crippen LogP) is 5.93. The maximum Gasteiger partial charge on any atom is 0.255 e. The van der Waals surface area contributed by atoms with Crippen LogP contribution in [0.4, 0.5) is 21.6 Å². The summed E-state index contributed by atoms with van der Waals surface area (Å²) in [5.41, 5.74) is 2.39. The Balaban J connectivity index is 1.51. The third-order valence-electron chi connectivity index (χ3n) is 4.24. The molecule has 4 rings (SSSR count). The average molecular weight is 419 g/mol. The SMILES string of the molecule is O=C(Nc1ccc(Cl)cc1)c1cccc(Nc2ccnc(-c3cccc(F)c3)n2)c1. The number of nitrogens with one attached hydrogen (secondary N) is 2. The van der Waals surface area contributed by atoms with Crippen molar-refractivity contribution >= 4 is 34.7 Å². The third kappa shape index (κ3) is 4.79. The number of nitrogens with zero attached hydrogens (tertiary/aromatic N) is 2. The Kier molecular flexibility index (Phi) is 5.68. The van der Waals surface area contributed by atoms with E-state index in [0.29, 0.717) is 39.2 Å². The summed E-state index contributed by atoms with van der Waals surface area (Å²) in [5.74, 6) is 0.327. The first-order valence-electron chi connectivity index (χ1n) is 9.10. The van der Waals surface area contributed by atoms with Crippen molar-refractivity contribution in [3.63, 3.8) is 0 Å². The van der Waals surface area contributed by atoms with Gasteiger partial charge in [-0.25, -0.2) is 14.4 Å². The van der Waals surface area contributed by atoms with Crippen molar-refractivity contribution in [2.75, 3.05) is 10.6 Å². The molecule has 1 aromatic heterocycles. The number of aromatic nitrogens is 2. The fraction of sp³-hybridized carbons (Fsp3) is 0. The molecule has 3 aromatic carbocycles. The highest BCUT2D eigenvalue weighted by atomic mass is 35.5. The van der Waals surface area contributed by atoms with Crippen LogP contribution in [0.3, 0.4) is 0 Å². The highest BCUT2D eigenvalue weighted by Crippen LogP contribution is 2.21. The van der Waals surface area contributed by atoms with Crippen LogP contribution in [0.1, 0.15) is 10.4 Å². The van der Waals surface area contributed by atoms with E-state index in [9.17, 15) is 9.18 Å². The van der Waals surface area contributed by atoms with E-state index < -0.39 is 0 Å². The molecule has 1 heterocycles. The quantitative estimate of drug-likeness (QED) is 0.421. The van der Waals surface area contributed by atoms with Gasteiger partial charge in [0.15, 0.2) is 5.82 Å². The van der Waals surface area contributed by atoms with Gasteiger partial charge >= 0.3 is 0 Å². The van der Waals surface area contributed by atoms with Gasteiger partial charge in [0.1, 0.15) is 11.6 Å². The third-order valence-corrected chi connectivity index (χ3v) is 4.49. The minimum atomic E-state index is -0.353. The minimum absolute atomic E-state index is 0.246. The number of benzene rings is 3. The van der Waals surface area contributed by atoms with Crippen LogP contribution in [0.5, 0.6) is 0 Å². The first kappa shape index (κ1) is 19.5. The van der Waals surface area contributed by atoms with Gasteiger partial charge in [-0.05, 0) is 60.7 Å². The number of anilines is 3. The molecule has 0 bridgehead atoms. The number of carbonyl (C=O) groups excluding carboxylic acids is 1. The van der Waals surface area contributed by atoms with E-state index >= 15 is 0 Å². The van der Waals surface area contributed by atoms with Crippen LogP contribution in [0.2, 0.25) is 5.02 Å². The van der Waals surface area contributed by atoms with Crippen LogP contribution in [0.25, 0.3) is 11.4 Å². The van der Waals surface area contributed by atoms with Crippen molar-refractivity contribution in [1.29, 1.82) is 0 Å². The van der Waals surface area contributed by atoms with E-state index in [1.807, 2.05) is 6.07 Å². The molecule has 4 aromatic rings. The lowest BCUT2D eigenvalue weighted by atomic mass is 10.1. The Morgan fingerprint density at radius 2 is 1.70 bits per heavy atom. The lowest BCUT2D eigenvalue weighted by molar-refractivity contribution is 0.102. The fourth-order valence-corrected chi connectivity index (χ4v) is 2.94. The standard InChI is InChI=1S/C23H16ClFN4O/c24-17-7-9-19(10-8-17)28-23(30)16-4-2-6-20(14-16)27-21-11-12-26-22(29-21)15-3-1-5-18(25)13-15/h1-14H,(H,28,30)(H,26,27,29). The number of halogens is 2. The summed E-state index contributed by atoms with van der Waals surface area (Å²) in [5, 5.41) is 6.58. The van der Waals surface area contributed by atoms with Gasteiger partial charge in [0.25, 0.3) is 5.91 Å². The van der Waals surface area contributed by atoms with Gasteiger partial charge in [-0.3, -0.25) is 4.79 Å². The molecular weight excluding hydrogens is 403 g/mol. The Labute approximate surface area is 177 Å². The summed E-state index contributed by atoms with van der Waals surface area (Å²) >= 11 is 5.87. The van der Waals surface area contributed by atoms with E-state index in [0.717, 1.165) is 0 Å². The molecule has 1 amide bonds. The fourth-order valence-electron chi connectivity index (χ4n) is 2.82. The lowest BCUT2D eigenvalue weighted by Crippen LogP contribution is -2.12. The molecule has 0 aliphatic heterocycles. The highest BCUT2D eigenvalue weighted by molar-refractivity contribution is 6.30.